The second-order valence-corrected chi connectivity index (χ2v) is 2.18. The first kappa shape index (κ1) is 6.76. The molecule has 0 aliphatic rings. The SMILES string of the molecule is CCCC[O][SnH]. The monoisotopic (exact) mass is 194 g/mol. The van der Waals surface area contributed by atoms with Crippen LogP contribution in [-0.2, 0) is 3.07 Å². The summed E-state index contributed by atoms with van der Waals surface area (Å²) >= 11 is 0.956. The summed E-state index contributed by atoms with van der Waals surface area (Å²) in [5.41, 5.74) is 0. The van der Waals surface area contributed by atoms with Crippen LogP contribution in [0.5, 0.6) is 0 Å². The molecule has 2 radical (unpaired) electrons. The van der Waals surface area contributed by atoms with Crippen molar-refractivity contribution in [2.75, 3.05) is 6.61 Å². The van der Waals surface area contributed by atoms with E-state index in [2.05, 4.69) is 6.92 Å². The van der Waals surface area contributed by atoms with Gasteiger partial charge < -0.3 is 0 Å². The van der Waals surface area contributed by atoms with Gasteiger partial charge in [-0.05, 0) is 0 Å². The van der Waals surface area contributed by atoms with Crippen molar-refractivity contribution >= 4 is 22.9 Å². The van der Waals surface area contributed by atoms with Gasteiger partial charge in [0.2, 0.25) is 0 Å². The molecule has 0 rings (SSSR count). The van der Waals surface area contributed by atoms with Crippen LogP contribution in [0.4, 0.5) is 0 Å². The van der Waals surface area contributed by atoms with E-state index in [0.717, 1.165) is 29.5 Å². The molecule has 0 amide bonds. The third-order valence-electron chi connectivity index (χ3n) is 0.616. The van der Waals surface area contributed by atoms with E-state index in [9.17, 15) is 0 Å². The Balaban J connectivity index is 2.34. The zero-order valence-electron chi connectivity index (χ0n) is 4.11. The molecule has 1 nitrogen and oxygen atoms in total. The van der Waals surface area contributed by atoms with E-state index in [1.165, 1.54) is 12.8 Å². The zero-order valence-corrected chi connectivity index (χ0v) is 7.40. The van der Waals surface area contributed by atoms with E-state index in [4.69, 9.17) is 3.07 Å². The van der Waals surface area contributed by atoms with Gasteiger partial charge >= 0.3 is 52.4 Å². The van der Waals surface area contributed by atoms with E-state index in [1.807, 2.05) is 0 Å². The van der Waals surface area contributed by atoms with Gasteiger partial charge in [-0.15, -0.1) is 0 Å². The fraction of sp³-hybridized carbons (Fsp3) is 1.00. The summed E-state index contributed by atoms with van der Waals surface area (Å²) in [5.74, 6) is 0. The summed E-state index contributed by atoms with van der Waals surface area (Å²) in [4.78, 5) is 0. The Kier molecular flexibility index (Phi) is 6.49. The van der Waals surface area contributed by atoms with Crippen LogP contribution < -0.4 is 0 Å². The van der Waals surface area contributed by atoms with Gasteiger partial charge in [0.25, 0.3) is 0 Å². The summed E-state index contributed by atoms with van der Waals surface area (Å²) < 4.78 is 4.91. The Morgan fingerprint density at radius 3 is 2.50 bits per heavy atom. The maximum absolute atomic E-state index is 4.91. The van der Waals surface area contributed by atoms with Crippen LogP contribution in [0.1, 0.15) is 19.8 Å². The standard InChI is InChI=1S/C4H9O.Sn.H/c1-2-3-4-5;;/h2-4H2,1H3;;/q-1;+1;. The second-order valence-electron chi connectivity index (χ2n) is 1.22. The Labute approximate surface area is 52.7 Å². The third kappa shape index (κ3) is 4.76. The van der Waals surface area contributed by atoms with Crippen molar-refractivity contribution in [1.29, 1.82) is 0 Å². The van der Waals surface area contributed by atoms with E-state index in [0.29, 0.717) is 0 Å². The topological polar surface area (TPSA) is 9.23 Å². The maximum atomic E-state index is 4.91. The number of unbranched alkanes of at least 4 members (excludes halogenated alkanes) is 1. The molecule has 0 spiro atoms. The van der Waals surface area contributed by atoms with Gasteiger partial charge in [-0.2, -0.15) is 0 Å². The van der Waals surface area contributed by atoms with Crippen LogP contribution in [0.25, 0.3) is 0 Å². The molecule has 0 saturated carbocycles. The molecule has 0 aromatic carbocycles. The van der Waals surface area contributed by atoms with Crippen LogP contribution in [-0.4, -0.2) is 29.5 Å². The molecule has 6 heavy (non-hydrogen) atoms. The molecular formula is C4H10OSn. The molecule has 0 aliphatic carbocycles. The van der Waals surface area contributed by atoms with Gasteiger partial charge in [0.05, 0.1) is 0 Å². The van der Waals surface area contributed by atoms with Gasteiger partial charge in [-0.3, -0.25) is 0 Å². The summed E-state index contributed by atoms with van der Waals surface area (Å²) in [6.07, 6.45) is 2.47. The molecular weight excluding hydrogens is 183 g/mol. The quantitative estimate of drug-likeness (QED) is 0.471. The molecule has 0 saturated heterocycles. The summed E-state index contributed by atoms with van der Waals surface area (Å²) in [5, 5.41) is 0. The second kappa shape index (κ2) is 5.76. The first-order valence-electron chi connectivity index (χ1n) is 2.23. The van der Waals surface area contributed by atoms with Crippen LogP contribution >= 0.6 is 0 Å². The molecule has 0 fully saturated rings. The van der Waals surface area contributed by atoms with Crippen LogP contribution in [0, 0.1) is 0 Å². The van der Waals surface area contributed by atoms with E-state index in [-0.39, 0.29) is 0 Å². The van der Waals surface area contributed by atoms with Crippen molar-refractivity contribution in [1.82, 2.24) is 0 Å². The summed E-state index contributed by atoms with van der Waals surface area (Å²) in [7, 11) is 0. The van der Waals surface area contributed by atoms with Crippen molar-refractivity contribution in [2.24, 2.45) is 0 Å². The fourth-order valence-electron chi connectivity index (χ4n) is 0.228. The van der Waals surface area contributed by atoms with Gasteiger partial charge in [-0.25, -0.2) is 0 Å². The Hall–Kier alpha value is 0.759. The molecule has 0 aromatic heterocycles. The first-order chi connectivity index (χ1) is 2.91. The van der Waals surface area contributed by atoms with Crippen molar-refractivity contribution in [3.8, 4) is 0 Å². The van der Waals surface area contributed by atoms with Crippen LogP contribution in [0.3, 0.4) is 0 Å². The third-order valence-corrected chi connectivity index (χ3v) is 1.29. The van der Waals surface area contributed by atoms with Crippen LogP contribution in [0.15, 0.2) is 0 Å². The van der Waals surface area contributed by atoms with Crippen LogP contribution in [0.2, 0.25) is 0 Å². The minimum atomic E-state index is 0.956. The average Bonchev–Trinajstić information content (AvgIpc) is 1.61. The molecule has 0 heterocycles. The van der Waals surface area contributed by atoms with Crippen molar-refractivity contribution < 1.29 is 3.07 Å². The molecule has 0 unspecified atom stereocenters. The summed E-state index contributed by atoms with van der Waals surface area (Å²) in [6, 6.07) is 0. The first-order valence-corrected chi connectivity index (χ1v) is 3.58. The van der Waals surface area contributed by atoms with Crippen molar-refractivity contribution in [3.63, 3.8) is 0 Å². The fourth-order valence-corrected chi connectivity index (χ4v) is 0.703. The molecule has 0 N–H and O–H groups in total. The molecule has 0 atom stereocenters. The molecule has 36 valence electrons. The van der Waals surface area contributed by atoms with Crippen molar-refractivity contribution in [3.05, 3.63) is 0 Å². The predicted octanol–water partition coefficient (Wildman–Crippen LogP) is 0.619. The molecule has 0 aromatic rings. The van der Waals surface area contributed by atoms with Gasteiger partial charge in [-0.1, -0.05) is 0 Å². The van der Waals surface area contributed by atoms with Crippen molar-refractivity contribution in [2.45, 2.75) is 19.8 Å². The van der Waals surface area contributed by atoms with Gasteiger partial charge in [0.1, 0.15) is 0 Å². The predicted molar refractivity (Wildman–Crippen MR) is 28.0 cm³/mol. The Morgan fingerprint density at radius 2 is 2.33 bits per heavy atom. The molecule has 0 aliphatic heterocycles. The van der Waals surface area contributed by atoms with E-state index < -0.39 is 0 Å². The Morgan fingerprint density at radius 1 is 1.67 bits per heavy atom. The van der Waals surface area contributed by atoms with Gasteiger partial charge in [0, 0.05) is 0 Å². The number of rotatable bonds is 3. The Bertz CT molecular complexity index is 19.5. The molecule has 2 heteroatoms. The normalized spacial score (nSPS) is 9.00. The zero-order chi connectivity index (χ0) is 4.83. The van der Waals surface area contributed by atoms with E-state index >= 15 is 0 Å². The minimum absolute atomic E-state index is 0.956. The molecule has 0 bridgehead atoms. The number of hydrogen-bond acceptors (Lipinski definition) is 1. The van der Waals surface area contributed by atoms with Gasteiger partial charge in [0.15, 0.2) is 0 Å². The number of hydrogen-bond donors (Lipinski definition) is 0. The van der Waals surface area contributed by atoms with E-state index in [1.54, 1.807) is 0 Å². The average molecular weight is 193 g/mol. The summed E-state index contributed by atoms with van der Waals surface area (Å²) in [6.45, 7) is 3.14.